The zero-order chi connectivity index (χ0) is 84.2. The van der Waals surface area contributed by atoms with Gasteiger partial charge < -0.3 is 24.1 Å². The highest BCUT2D eigenvalue weighted by Gasteiger charge is 2.44. The first kappa shape index (κ1) is 94.8. The third-order valence-electron chi connectivity index (χ3n) is 28.6. The summed E-state index contributed by atoms with van der Waals surface area (Å²) in [5, 5.41) is 9.26. The molecule has 0 aliphatic heterocycles. The van der Waals surface area contributed by atoms with Gasteiger partial charge in [0, 0.05) is 52.1 Å². The van der Waals surface area contributed by atoms with E-state index >= 15 is 0 Å². The van der Waals surface area contributed by atoms with Crippen LogP contribution >= 0.6 is 0 Å². The molecule has 7 aromatic rings. The zero-order valence-corrected chi connectivity index (χ0v) is 77.8. The molecular weight excluding hydrogens is 1400 g/mol. The van der Waals surface area contributed by atoms with Gasteiger partial charge in [0.25, 0.3) is 0 Å². The average Bonchev–Trinajstić information content (AvgIpc) is 1.11. The van der Waals surface area contributed by atoms with Crippen LogP contribution in [-0.2, 0) is 67.5 Å². The highest BCUT2D eigenvalue weighted by atomic mass is 16.5. The molecule has 15 rings (SSSR count). The van der Waals surface area contributed by atoms with E-state index in [2.05, 4.69) is 317 Å². The van der Waals surface area contributed by atoms with Gasteiger partial charge >= 0.3 is 0 Å². The lowest BCUT2D eigenvalue weighted by atomic mass is 9.65. The molecule has 1 fully saturated rings. The van der Waals surface area contributed by atoms with E-state index in [1.807, 2.05) is 27.4 Å². The molecule has 8 aliphatic carbocycles. The maximum absolute atomic E-state index is 9.26. The lowest BCUT2D eigenvalue weighted by Gasteiger charge is -2.43. The fourth-order valence-corrected chi connectivity index (χ4v) is 22.5. The molecule has 1 N–H and O–H groups in total. The van der Waals surface area contributed by atoms with Crippen molar-refractivity contribution in [1.29, 1.82) is 0 Å². The van der Waals surface area contributed by atoms with Gasteiger partial charge in [-0.2, -0.15) is 0 Å². The normalized spacial score (nSPS) is 24.9. The number of hydrogen-bond donors (Lipinski definition) is 1. The fraction of sp³-hybridized carbons (Fsp3) is 0.618. The summed E-state index contributed by atoms with van der Waals surface area (Å²) in [5.74, 6) is 12.1. The van der Waals surface area contributed by atoms with Gasteiger partial charge in [-0.05, 0) is 254 Å². The van der Waals surface area contributed by atoms with Gasteiger partial charge in [0.05, 0.1) is 31.0 Å². The minimum absolute atomic E-state index is 0.121. The molecular formula is C110H164O5. The van der Waals surface area contributed by atoms with Crippen LogP contribution < -0.4 is 0 Å². The summed E-state index contributed by atoms with van der Waals surface area (Å²) in [6.45, 7) is 53.5. The van der Waals surface area contributed by atoms with Crippen LogP contribution in [0.5, 0.6) is 0 Å². The lowest BCUT2D eigenvalue weighted by Crippen LogP contribution is -2.39. The van der Waals surface area contributed by atoms with E-state index in [0.717, 1.165) is 90.9 Å². The second-order valence-corrected chi connectivity index (χ2v) is 40.7. The molecule has 0 aromatic heterocycles. The van der Waals surface area contributed by atoms with Crippen LogP contribution in [0.1, 0.15) is 361 Å². The van der Waals surface area contributed by atoms with Gasteiger partial charge in [0.1, 0.15) is 0 Å². The van der Waals surface area contributed by atoms with E-state index < -0.39 is 0 Å². The van der Waals surface area contributed by atoms with Crippen molar-refractivity contribution in [3.63, 3.8) is 0 Å². The van der Waals surface area contributed by atoms with Crippen molar-refractivity contribution >= 4 is 0 Å². The molecule has 0 spiro atoms. The molecule has 115 heavy (non-hydrogen) atoms. The predicted octanol–water partition coefficient (Wildman–Crippen LogP) is 29.2. The minimum atomic E-state index is 0.121. The lowest BCUT2D eigenvalue weighted by molar-refractivity contribution is 0.0329. The molecule has 0 amide bonds. The van der Waals surface area contributed by atoms with Gasteiger partial charge in [0.2, 0.25) is 0 Å². The van der Waals surface area contributed by atoms with Crippen LogP contribution in [0.25, 0.3) is 0 Å². The van der Waals surface area contributed by atoms with Crippen LogP contribution in [-0.4, -0.2) is 58.0 Å². The van der Waals surface area contributed by atoms with Gasteiger partial charge in [0.15, 0.2) is 0 Å². The third kappa shape index (κ3) is 24.3. The van der Waals surface area contributed by atoms with Crippen molar-refractivity contribution in [2.24, 2.45) is 59.2 Å². The first-order valence-electron chi connectivity index (χ1n) is 46.0. The maximum Gasteiger partial charge on any atom is 0.0681 e. The van der Waals surface area contributed by atoms with E-state index in [9.17, 15) is 5.11 Å². The second-order valence-electron chi connectivity index (χ2n) is 40.7. The summed E-state index contributed by atoms with van der Waals surface area (Å²) in [6, 6.07) is 59.9. The van der Waals surface area contributed by atoms with E-state index in [1.54, 1.807) is 40.5 Å². The number of rotatable bonds is 13. The Balaban J connectivity index is 0.000000166. The third-order valence-corrected chi connectivity index (χ3v) is 28.6. The van der Waals surface area contributed by atoms with Gasteiger partial charge in [-0.25, -0.2) is 0 Å². The number of aryl methyl sites for hydroxylation is 4. The number of hydrogen-bond acceptors (Lipinski definition) is 5. The molecule has 5 heteroatoms. The van der Waals surface area contributed by atoms with Crippen molar-refractivity contribution in [2.45, 2.75) is 351 Å². The number of fused-ring (bicyclic) bond motifs is 7. The number of benzene rings is 7. The molecule has 0 heterocycles. The Morgan fingerprint density at radius 3 is 0.991 bits per heavy atom. The number of aliphatic hydroxyl groups is 1. The summed E-state index contributed by atoms with van der Waals surface area (Å²) in [7, 11) is 7.36. The van der Waals surface area contributed by atoms with Crippen molar-refractivity contribution in [3.05, 3.63) is 247 Å². The van der Waals surface area contributed by atoms with Crippen molar-refractivity contribution < 1.29 is 24.1 Å². The standard InChI is InChI=1S/3C16H24O.C15H22O2.C14H20.C13H18.C12H16.C8H16/c3*1-11(2)15-12-8-6-7-9-13(12)16(3,4)10-14(15)17-5;1-10(2)15-13-8-11(9-16)4-5-12(13)6-7-14(15)17-3;1-10(2)14-11(3)8-9-12-6-4-5-7-13(12)14;1-10(2)12-9-5-7-11-6-3-4-8-13(11)12;1-9(2)11-8-7-10-5-3-4-6-12(10)11;1-7(2)8-5-3-4-6-8/h3*6-9,11,14-15H,10H2,1-5H3;4-5,8,10,14-16H,6-7,9H2,1-3H3;4-7,10-11,14H,8-9H2,1-3H3;3-4,6,8,10,12H,5,7,9H2,1-2H3;3-6,9,11H,7-8H2,1-2H3;7-8H,3-6H2,1-2H3/t4*14-,15+;11-,14-;12-;11-;/m1100010./s1. The first-order chi connectivity index (χ1) is 54.7. The topological polar surface area (TPSA) is 57.2 Å². The first-order valence-corrected chi connectivity index (χ1v) is 46.0. The maximum atomic E-state index is 9.26. The smallest absolute Gasteiger partial charge is 0.0681 e. The molecule has 1 saturated carbocycles. The zero-order valence-electron chi connectivity index (χ0n) is 77.8. The van der Waals surface area contributed by atoms with Crippen LogP contribution in [0.15, 0.2) is 164 Å². The Bertz CT molecular complexity index is 3820. The Morgan fingerprint density at radius 2 is 0.626 bits per heavy atom. The Morgan fingerprint density at radius 1 is 0.304 bits per heavy atom. The monoisotopic (exact) mass is 1570 g/mol. The van der Waals surface area contributed by atoms with Crippen molar-refractivity contribution in [1.82, 2.24) is 0 Å². The predicted molar refractivity (Wildman–Crippen MR) is 494 cm³/mol. The molecule has 12 atom stereocenters. The summed E-state index contributed by atoms with van der Waals surface area (Å²) in [5.41, 5.74) is 23.1. The molecule has 7 aromatic carbocycles. The van der Waals surface area contributed by atoms with Crippen molar-refractivity contribution in [3.8, 4) is 0 Å². The van der Waals surface area contributed by atoms with Crippen LogP contribution in [0, 0.1) is 59.2 Å². The molecule has 0 saturated heterocycles. The highest BCUT2D eigenvalue weighted by Crippen LogP contribution is 2.51. The molecule has 634 valence electrons. The van der Waals surface area contributed by atoms with Crippen molar-refractivity contribution in [2.75, 3.05) is 28.4 Å². The van der Waals surface area contributed by atoms with Crippen LogP contribution in [0.3, 0.4) is 0 Å². The number of ether oxygens (including phenoxy) is 4. The van der Waals surface area contributed by atoms with Gasteiger partial charge in [-0.15, -0.1) is 0 Å². The largest absolute Gasteiger partial charge is 0.392 e. The minimum Gasteiger partial charge on any atom is -0.392 e. The molecule has 0 radical (unpaired) electrons. The van der Waals surface area contributed by atoms with E-state index in [4.69, 9.17) is 18.9 Å². The summed E-state index contributed by atoms with van der Waals surface area (Å²) in [6.07, 6.45) is 22.2. The summed E-state index contributed by atoms with van der Waals surface area (Å²) < 4.78 is 22.9. The SMILES string of the molecule is CC(C)C1CCCC1.CC(C)[C@@H]1CCc2ccccc21.CC(C)[C@@H]1c2ccccc2CC[C@@H]1C.CC(C)[C@H]1CCCc2ccccc21.CO[C@@H]1CC(C)(C)c2ccccc2[C@@H]1C(C)C.CO[C@@H]1CC(C)(C)c2ccccc2[C@@H]1C(C)C.CO[C@H]1CC(C)(C)c2ccccc2[C@H]1C(C)C.CO[C@H]1CCc2ccc(CO)cc2[C@H]1C(C)C. The van der Waals surface area contributed by atoms with E-state index in [0.29, 0.717) is 71.8 Å². The fourth-order valence-electron chi connectivity index (χ4n) is 22.5. The molecule has 0 bridgehead atoms. The van der Waals surface area contributed by atoms with E-state index in [-0.39, 0.29) is 22.9 Å². The number of aliphatic hydroxyl groups excluding tert-OH is 1. The van der Waals surface area contributed by atoms with Gasteiger partial charge in [-0.1, -0.05) is 349 Å². The van der Waals surface area contributed by atoms with Crippen LogP contribution in [0.4, 0.5) is 0 Å². The van der Waals surface area contributed by atoms with E-state index in [1.165, 1.54) is 115 Å². The molecule has 5 nitrogen and oxygen atoms in total. The van der Waals surface area contributed by atoms with Crippen LogP contribution in [0.2, 0.25) is 0 Å². The highest BCUT2D eigenvalue weighted by molar-refractivity contribution is 5.44. The molecule has 8 aliphatic rings. The second kappa shape index (κ2) is 44.0. The Kier molecular flexibility index (Phi) is 36.3. The summed E-state index contributed by atoms with van der Waals surface area (Å²) >= 11 is 0. The average molecular weight is 1570 g/mol. The number of methoxy groups -OCH3 is 4. The Labute approximate surface area is 705 Å². The summed E-state index contributed by atoms with van der Waals surface area (Å²) in [4.78, 5) is 0. The molecule has 0 unspecified atom stereocenters. The van der Waals surface area contributed by atoms with Gasteiger partial charge in [-0.3, -0.25) is 0 Å². The quantitative estimate of drug-likeness (QED) is 0.125. The Hall–Kier alpha value is -5.66.